The van der Waals surface area contributed by atoms with Gasteiger partial charge in [-0.05, 0) is 36.8 Å². The first kappa shape index (κ1) is 15.9. The highest BCUT2D eigenvalue weighted by Gasteiger charge is 2.12. The monoisotopic (exact) mass is 338 g/mol. The number of aryl methyl sites for hydroxylation is 1. The van der Waals surface area contributed by atoms with Crippen molar-refractivity contribution in [2.75, 3.05) is 11.9 Å². The lowest BCUT2D eigenvalue weighted by molar-refractivity contribution is 0.103. The standard InChI is InChI=1S/C15H12Cl2N2OS/c1-9-5-14(21-13(9)3-2-4-18)15(20)19-12-7-10(16)6-11(17)8-12/h5-8H,4,18H2,1H3,(H,19,20). The lowest BCUT2D eigenvalue weighted by Crippen LogP contribution is -2.10. The summed E-state index contributed by atoms with van der Waals surface area (Å²) in [5, 5.41) is 3.70. The first-order chi connectivity index (χ1) is 9.99. The summed E-state index contributed by atoms with van der Waals surface area (Å²) in [5.74, 6) is 5.51. The first-order valence-electron chi connectivity index (χ1n) is 6.06. The molecule has 21 heavy (non-hydrogen) atoms. The molecule has 0 aliphatic carbocycles. The molecule has 2 rings (SSSR count). The van der Waals surface area contributed by atoms with E-state index in [-0.39, 0.29) is 5.91 Å². The molecule has 108 valence electrons. The first-order valence-corrected chi connectivity index (χ1v) is 7.63. The van der Waals surface area contributed by atoms with Gasteiger partial charge in [-0.2, -0.15) is 0 Å². The van der Waals surface area contributed by atoms with Crippen molar-refractivity contribution in [1.82, 2.24) is 0 Å². The zero-order valence-corrected chi connectivity index (χ0v) is 13.5. The van der Waals surface area contributed by atoms with Gasteiger partial charge >= 0.3 is 0 Å². The number of rotatable bonds is 2. The van der Waals surface area contributed by atoms with E-state index in [1.807, 2.05) is 6.92 Å². The summed E-state index contributed by atoms with van der Waals surface area (Å²) in [6, 6.07) is 6.68. The summed E-state index contributed by atoms with van der Waals surface area (Å²) in [4.78, 5) is 13.6. The average molecular weight is 339 g/mol. The van der Waals surface area contributed by atoms with Gasteiger partial charge in [0.05, 0.1) is 16.3 Å². The third-order valence-electron chi connectivity index (χ3n) is 2.57. The number of amides is 1. The summed E-state index contributed by atoms with van der Waals surface area (Å²) >= 11 is 13.1. The van der Waals surface area contributed by atoms with Crippen LogP contribution in [-0.2, 0) is 0 Å². The van der Waals surface area contributed by atoms with Crippen LogP contribution in [0.5, 0.6) is 0 Å². The maximum atomic E-state index is 12.2. The van der Waals surface area contributed by atoms with Crippen LogP contribution in [0.3, 0.4) is 0 Å². The van der Waals surface area contributed by atoms with Crippen LogP contribution in [-0.4, -0.2) is 12.5 Å². The second-order valence-electron chi connectivity index (χ2n) is 4.24. The normalized spacial score (nSPS) is 9.90. The van der Waals surface area contributed by atoms with Gasteiger partial charge in [0.25, 0.3) is 5.91 Å². The van der Waals surface area contributed by atoms with E-state index < -0.39 is 0 Å². The Kier molecular flexibility index (Phi) is 5.27. The maximum Gasteiger partial charge on any atom is 0.265 e. The summed E-state index contributed by atoms with van der Waals surface area (Å²) in [5.41, 5.74) is 6.86. The zero-order valence-electron chi connectivity index (χ0n) is 11.2. The van der Waals surface area contributed by atoms with E-state index in [2.05, 4.69) is 17.2 Å². The molecule has 0 aliphatic heterocycles. The number of halogens is 2. The molecule has 0 bridgehead atoms. The largest absolute Gasteiger partial charge is 0.321 e. The van der Waals surface area contributed by atoms with Crippen LogP contribution in [0.25, 0.3) is 0 Å². The number of thiophene rings is 1. The predicted molar refractivity (Wildman–Crippen MR) is 89.4 cm³/mol. The molecule has 3 nitrogen and oxygen atoms in total. The van der Waals surface area contributed by atoms with Crippen LogP contribution in [0.2, 0.25) is 10.0 Å². The Morgan fingerprint density at radius 2 is 1.95 bits per heavy atom. The van der Waals surface area contributed by atoms with Crippen molar-refractivity contribution in [2.24, 2.45) is 5.73 Å². The molecule has 1 amide bonds. The van der Waals surface area contributed by atoms with Crippen molar-refractivity contribution in [3.8, 4) is 11.8 Å². The third-order valence-corrected chi connectivity index (χ3v) is 4.15. The number of nitrogens with one attached hydrogen (secondary N) is 1. The fourth-order valence-electron chi connectivity index (χ4n) is 1.67. The van der Waals surface area contributed by atoms with E-state index in [9.17, 15) is 4.79 Å². The second-order valence-corrected chi connectivity index (χ2v) is 6.17. The Morgan fingerprint density at radius 1 is 1.29 bits per heavy atom. The molecule has 0 aliphatic rings. The topological polar surface area (TPSA) is 55.1 Å². The fraction of sp³-hybridized carbons (Fsp3) is 0.133. The number of carbonyl (C=O) groups excluding carboxylic acids is 1. The summed E-state index contributed by atoms with van der Waals surface area (Å²) in [7, 11) is 0. The van der Waals surface area contributed by atoms with Gasteiger partial charge in [-0.1, -0.05) is 35.0 Å². The van der Waals surface area contributed by atoms with Crippen molar-refractivity contribution in [2.45, 2.75) is 6.92 Å². The van der Waals surface area contributed by atoms with Gasteiger partial charge in [0.2, 0.25) is 0 Å². The Labute approximate surface area is 137 Å². The Morgan fingerprint density at radius 3 is 2.57 bits per heavy atom. The van der Waals surface area contributed by atoms with Crippen LogP contribution in [0.1, 0.15) is 20.1 Å². The van der Waals surface area contributed by atoms with E-state index >= 15 is 0 Å². The number of carbonyl (C=O) groups is 1. The molecule has 1 aromatic carbocycles. The second kappa shape index (κ2) is 6.97. The molecule has 0 spiro atoms. The average Bonchev–Trinajstić information content (AvgIpc) is 2.76. The molecule has 0 atom stereocenters. The van der Waals surface area contributed by atoms with Gasteiger partial charge in [0, 0.05) is 15.7 Å². The summed E-state index contributed by atoms with van der Waals surface area (Å²) in [6.07, 6.45) is 0. The van der Waals surface area contributed by atoms with Crippen LogP contribution < -0.4 is 11.1 Å². The van der Waals surface area contributed by atoms with Crippen molar-refractivity contribution in [1.29, 1.82) is 0 Å². The van der Waals surface area contributed by atoms with E-state index in [1.54, 1.807) is 24.3 Å². The quantitative estimate of drug-likeness (QED) is 0.815. The highest BCUT2D eigenvalue weighted by atomic mass is 35.5. The van der Waals surface area contributed by atoms with Crippen LogP contribution >= 0.6 is 34.5 Å². The minimum Gasteiger partial charge on any atom is -0.321 e. The van der Waals surface area contributed by atoms with Crippen molar-refractivity contribution >= 4 is 46.1 Å². The molecule has 1 aromatic heterocycles. The van der Waals surface area contributed by atoms with Gasteiger partial charge in [0.15, 0.2) is 0 Å². The van der Waals surface area contributed by atoms with E-state index in [0.29, 0.717) is 27.2 Å². The number of anilines is 1. The molecule has 0 saturated carbocycles. The molecular formula is C15H12Cl2N2OS. The molecule has 1 heterocycles. The lowest BCUT2D eigenvalue weighted by atomic mass is 10.2. The number of hydrogen-bond acceptors (Lipinski definition) is 3. The van der Waals surface area contributed by atoms with Crippen LogP contribution in [0.4, 0.5) is 5.69 Å². The highest BCUT2D eigenvalue weighted by molar-refractivity contribution is 7.14. The SMILES string of the molecule is Cc1cc(C(=O)Nc2cc(Cl)cc(Cl)c2)sc1C#CCN. The Hall–Kier alpha value is -1.51. The number of hydrogen-bond donors (Lipinski definition) is 2. The fourth-order valence-corrected chi connectivity index (χ4v) is 3.14. The predicted octanol–water partition coefficient (Wildman–Crippen LogP) is 3.93. The Bertz CT molecular complexity index is 724. The summed E-state index contributed by atoms with van der Waals surface area (Å²) in [6.45, 7) is 2.20. The van der Waals surface area contributed by atoms with Gasteiger partial charge in [-0.25, -0.2) is 0 Å². The van der Waals surface area contributed by atoms with Gasteiger partial charge < -0.3 is 11.1 Å². The molecule has 6 heteroatoms. The Balaban J connectivity index is 2.20. The molecule has 0 radical (unpaired) electrons. The lowest BCUT2D eigenvalue weighted by Gasteiger charge is -2.04. The summed E-state index contributed by atoms with van der Waals surface area (Å²) < 4.78 is 0. The smallest absolute Gasteiger partial charge is 0.265 e. The number of benzene rings is 1. The van der Waals surface area contributed by atoms with Crippen LogP contribution in [0.15, 0.2) is 24.3 Å². The van der Waals surface area contributed by atoms with Gasteiger partial charge in [0.1, 0.15) is 0 Å². The van der Waals surface area contributed by atoms with Gasteiger partial charge in [-0.3, -0.25) is 4.79 Å². The third kappa shape index (κ3) is 4.23. The maximum absolute atomic E-state index is 12.2. The minimum atomic E-state index is -0.220. The van der Waals surface area contributed by atoms with Crippen molar-refractivity contribution in [3.05, 3.63) is 49.6 Å². The zero-order chi connectivity index (χ0) is 15.4. The molecule has 0 saturated heterocycles. The van der Waals surface area contributed by atoms with Crippen molar-refractivity contribution < 1.29 is 4.79 Å². The van der Waals surface area contributed by atoms with E-state index in [1.165, 1.54) is 11.3 Å². The minimum absolute atomic E-state index is 0.220. The van der Waals surface area contributed by atoms with E-state index in [4.69, 9.17) is 28.9 Å². The molecule has 3 N–H and O–H groups in total. The highest BCUT2D eigenvalue weighted by Crippen LogP contribution is 2.25. The van der Waals surface area contributed by atoms with E-state index in [0.717, 1.165) is 10.4 Å². The molecular weight excluding hydrogens is 327 g/mol. The van der Waals surface area contributed by atoms with Crippen LogP contribution in [0, 0.1) is 18.8 Å². The molecule has 0 unspecified atom stereocenters. The molecule has 2 aromatic rings. The van der Waals surface area contributed by atoms with Gasteiger partial charge in [-0.15, -0.1) is 11.3 Å². The van der Waals surface area contributed by atoms with Crippen molar-refractivity contribution in [3.63, 3.8) is 0 Å². The number of nitrogens with two attached hydrogens (primary N) is 1. The molecule has 0 fully saturated rings.